The molecule has 0 aliphatic heterocycles. The number of nitrogens with one attached hydrogen (secondary N) is 1. The number of hydrogen-bond acceptors (Lipinski definition) is 4. The van der Waals surface area contributed by atoms with E-state index in [0.29, 0.717) is 18.2 Å². The lowest BCUT2D eigenvalue weighted by molar-refractivity contribution is -0.117. The van der Waals surface area contributed by atoms with Gasteiger partial charge in [0.25, 0.3) is 0 Å². The van der Waals surface area contributed by atoms with Crippen molar-refractivity contribution in [1.82, 2.24) is 5.32 Å². The van der Waals surface area contributed by atoms with Gasteiger partial charge in [0.2, 0.25) is 0 Å². The smallest absolute Gasteiger partial charge is 0.151 e. The monoisotopic (exact) mass is 263 g/mol. The summed E-state index contributed by atoms with van der Waals surface area (Å²) in [6.07, 6.45) is 6.21. The lowest BCUT2D eigenvalue weighted by Gasteiger charge is -2.22. The van der Waals surface area contributed by atoms with E-state index in [-0.39, 0.29) is 23.7 Å². The largest absolute Gasteiger partial charge is 0.508 e. The van der Waals surface area contributed by atoms with Crippen molar-refractivity contribution in [3.05, 3.63) is 23.8 Å². The van der Waals surface area contributed by atoms with E-state index in [2.05, 4.69) is 5.32 Å². The van der Waals surface area contributed by atoms with Gasteiger partial charge >= 0.3 is 0 Å². The topological polar surface area (TPSA) is 69.6 Å². The summed E-state index contributed by atoms with van der Waals surface area (Å²) in [5, 5.41) is 22.2. The molecule has 104 valence electrons. The van der Waals surface area contributed by atoms with Crippen LogP contribution in [0.15, 0.2) is 18.2 Å². The number of ketones is 1. The summed E-state index contributed by atoms with van der Waals surface area (Å²) in [6, 6.07) is 4.71. The Balaban J connectivity index is 1.81. The molecule has 0 amide bonds. The fraction of sp³-hybridized carbons (Fsp3) is 0.533. The van der Waals surface area contributed by atoms with Crippen molar-refractivity contribution >= 4 is 5.78 Å². The molecule has 0 heterocycles. The van der Waals surface area contributed by atoms with E-state index in [0.717, 1.165) is 12.8 Å². The Morgan fingerprint density at radius 1 is 1.21 bits per heavy atom. The van der Waals surface area contributed by atoms with Crippen LogP contribution in [0.5, 0.6) is 11.5 Å². The Bertz CT molecular complexity index is 439. The van der Waals surface area contributed by atoms with Crippen LogP contribution in [0.2, 0.25) is 0 Å². The van der Waals surface area contributed by atoms with Gasteiger partial charge in [-0.15, -0.1) is 0 Å². The molecule has 1 aliphatic carbocycles. The zero-order valence-corrected chi connectivity index (χ0v) is 11.1. The molecule has 0 spiro atoms. The number of benzene rings is 1. The van der Waals surface area contributed by atoms with Crippen molar-refractivity contribution in [1.29, 1.82) is 0 Å². The zero-order valence-electron chi connectivity index (χ0n) is 11.1. The summed E-state index contributed by atoms with van der Waals surface area (Å²) >= 11 is 0. The molecule has 4 nitrogen and oxygen atoms in total. The van der Waals surface area contributed by atoms with Crippen LogP contribution in [-0.2, 0) is 11.2 Å². The minimum atomic E-state index is 0.0338. The van der Waals surface area contributed by atoms with Gasteiger partial charge in [0.05, 0.1) is 6.54 Å². The lowest BCUT2D eigenvalue weighted by atomic mass is 9.95. The second-order valence-corrected chi connectivity index (χ2v) is 5.24. The highest BCUT2D eigenvalue weighted by molar-refractivity contribution is 5.83. The summed E-state index contributed by atoms with van der Waals surface area (Å²) in [6.45, 7) is 0.333. The van der Waals surface area contributed by atoms with Crippen molar-refractivity contribution in [3.63, 3.8) is 0 Å². The van der Waals surface area contributed by atoms with E-state index in [1.54, 1.807) is 0 Å². The van der Waals surface area contributed by atoms with E-state index in [1.165, 1.54) is 37.5 Å². The van der Waals surface area contributed by atoms with Crippen LogP contribution < -0.4 is 5.32 Å². The molecule has 0 unspecified atom stereocenters. The van der Waals surface area contributed by atoms with Crippen LogP contribution in [0.3, 0.4) is 0 Å². The van der Waals surface area contributed by atoms with Crippen molar-refractivity contribution in [2.45, 2.75) is 44.6 Å². The average molecular weight is 263 g/mol. The van der Waals surface area contributed by atoms with Crippen LogP contribution in [-0.4, -0.2) is 28.6 Å². The van der Waals surface area contributed by atoms with Crippen LogP contribution in [0.1, 0.15) is 37.7 Å². The van der Waals surface area contributed by atoms with Gasteiger partial charge in [0.1, 0.15) is 11.5 Å². The Morgan fingerprint density at radius 2 is 1.95 bits per heavy atom. The molecule has 0 aromatic heterocycles. The van der Waals surface area contributed by atoms with E-state index >= 15 is 0 Å². The SMILES string of the molecule is O=C(CNC1CCCCC1)Cc1cc(O)ccc1O. The fourth-order valence-electron chi connectivity index (χ4n) is 2.55. The van der Waals surface area contributed by atoms with Gasteiger partial charge < -0.3 is 15.5 Å². The maximum absolute atomic E-state index is 11.9. The van der Waals surface area contributed by atoms with E-state index in [4.69, 9.17) is 0 Å². The number of aromatic hydroxyl groups is 2. The van der Waals surface area contributed by atoms with Crippen molar-refractivity contribution in [2.24, 2.45) is 0 Å². The summed E-state index contributed by atoms with van der Waals surface area (Å²) in [5.41, 5.74) is 0.482. The highest BCUT2D eigenvalue weighted by Gasteiger charge is 2.15. The molecular formula is C15H21NO3. The maximum atomic E-state index is 11.9. The minimum Gasteiger partial charge on any atom is -0.508 e. The molecule has 0 radical (unpaired) electrons. The molecule has 19 heavy (non-hydrogen) atoms. The number of carbonyl (C=O) groups excluding carboxylic acids is 1. The standard InChI is InChI=1S/C15H21NO3/c17-13-6-7-15(19)11(8-13)9-14(18)10-16-12-4-2-1-3-5-12/h6-8,12,16-17,19H,1-5,9-10H2. The summed E-state index contributed by atoms with van der Waals surface area (Å²) in [4.78, 5) is 11.9. The van der Waals surface area contributed by atoms with Crippen LogP contribution in [0.25, 0.3) is 0 Å². The third-order valence-electron chi connectivity index (χ3n) is 3.64. The van der Waals surface area contributed by atoms with Gasteiger partial charge in [-0.25, -0.2) is 0 Å². The molecular weight excluding hydrogens is 242 g/mol. The van der Waals surface area contributed by atoms with Crippen LogP contribution in [0, 0.1) is 0 Å². The number of hydrogen-bond donors (Lipinski definition) is 3. The first kappa shape index (κ1) is 13.9. The summed E-state index contributed by atoms with van der Waals surface area (Å²) < 4.78 is 0. The van der Waals surface area contributed by atoms with E-state index < -0.39 is 0 Å². The first-order chi connectivity index (χ1) is 9.15. The molecule has 0 atom stereocenters. The highest BCUT2D eigenvalue weighted by Crippen LogP contribution is 2.22. The number of Topliss-reactive ketones (excluding diaryl/α,β-unsaturated/α-hetero) is 1. The molecule has 1 aromatic carbocycles. The normalized spacial score (nSPS) is 16.4. The predicted molar refractivity (Wildman–Crippen MR) is 73.4 cm³/mol. The van der Waals surface area contributed by atoms with Crippen molar-refractivity contribution < 1.29 is 15.0 Å². The summed E-state index contributed by atoms with van der Waals surface area (Å²) in [5.74, 6) is 0.163. The quantitative estimate of drug-likeness (QED) is 0.712. The van der Waals surface area contributed by atoms with Gasteiger partial charge in [-0.05, 0) is 31.0 Å². The number of phenolic OH excluding ortho intramolecular Hbond substituents is 2. The van der Waals surface area contributed by atoms with Crippen molar-refractivity contribution in [3.8, 4) is 11.5 Å². The first-order valence-electron chi connectivity index (χ1n) is 6.91. The summed E-state index contributed by atoms with van der Waals surface area (Å²) in [7, 11) is 0. The second kappa shape index (κ2) is 6.57. The Labute approximate surface area is 113 Å². The third-order valence-corrected chi connectivity index (χ3v) is 3.64. The van der Waals surface area contributed by atoms with Crippen LogP contribution >= 0.6 is 0 Å². The van der Waals surface area contributed by atoms with Gasteiger partial charge in [-0.1, -0.05) is 19.3 Å². The minimum absolute atomic E-state index is 0.0338. The Morgan fingerprint density at radius 3 is 2.68 bits per heavy atom. The Kier molecular flexibility index (Phi) is 4.80. The molecule has 0 bridgehead atoms. The fourth-order valence-corrected chi connectivity index (χ4v) is 2.55. The number of carbonyl (C=O) groups is 1. The predicted octanol–water partition coefficient (Wildman–Crippen LogP) is 2.13. The third kappa shape index (κ3) is 4.24. The average Bonchev–Trinajstić information content (AvgIpc) is 2.42. The molecule has 2 rings (SSSR count). The van der Waals surface area contributed by atoms with Gasteiger partial charge in [-0.2, -0.15) is 0 Å². The second-order valence-electron chi connectivity index (χ2n) is 5.24. The number of rotatable bonds is 5. The molecule has 0 saturated heterocycles. The van der Waals surface area contributed by atoms with E-state index in [1.807, 2.05) is 0 Å². The molecule has 1 aromatic rings. The van der Waals surface area contributed by atoms with Gasteiger partial charge in [-0.3, -0.25) is 4.79 Å². The highest BCUT2D eigenvalue weighted by atomic mass is 16.3. The van der Waals surface area contributed by atoms with E-state index in [9.17, 15) is 15.0 Å². The zero-order chi connectivity index (χ0) is 13.7. The number of phenols is 2. The van der Waals surface area contributed by atoms with Crippen molar-refractivity contribution in [2.75, 3.05) is 6.54 Å². The van der Waals surface area contributed by atoms with Gasteiger partial charge in [0, 0.05) is 18.0 Å². The lowest BCUT2D eigenvalue weighted by Crippen LogP contribution is -2.35. The molecule has 1 aliphatic rings. The molecule has 1 saturated carbocycles. The molecule has 1 fully saturated rings. The first-order valence-corrected chi connectivity index (χ1v) is 6.91. The maximum Gasteiger partial charge on any atom is 0.151 e. The molecule has 4 heteroatoms. The molecule has 3 N–H and O–H groups in total. The Hall–Kier alpha value is -1.55. The van der Waals surface area contributed by atoms with Crippen LogP contribution in [0.4, 0.5) is 0 Å². The van der Waals surface area contributed by atoms with Gasteiger partial charge in [0.15, 0.2) is 5.78 Å².